The van der Waals surface area contributed by atoms with Crippen LogP contribution in [-0.4, -0.2) is 29.9 Å². The second kappa shape index (κ2) is 8.09. The Bertz CT molecular complexity index is 696. The first-order valence-electron chi connectivity index (χ1n) is 8.41. The van der Waals surface area contributed by atoms with Gasteiger partial charge in [0.2, 0.25) is 0 Å². The topological polar surface area (TPSA) is 72.9 Å². The minimum Gasteiger partial charge on any atom is -0.306 e. The molecule has 0 saturated heterocycles. The number of rotatable bonds is 8. The third-order valence-electron chi connectivity index (χ3n) is 3.62. The number of carbonyl (C=O) groups is 2. The third kappa shape index (κ3) is 4.27. The summed E-state index contributed by atoms with van der Waals surface area (Å²) in [4.78, 5) is 26.5. The molecule has 1 heterocycles. The lowest BCUT2D eigenvalue weighted by Crippen LogP contribution is -2.30. The number of carbonyl (C=O) groups excluding carboxylic acids is 2. The minimum atomic E-state index is -3.54. The van der Waals surface area contributed by atoms with Crippen LogP contribution in [0.15, 0.2) is 35.8 Å². The molecule has 1 aliphatic rings. The summed E-state index contributed by atoms with van der Waals surface area (Å²) < 4.78 is 23.5. The van der Waals surface area contributed by atoms with Crippen molar-refractivity contribution in [3.05, 3.63) is 46.9 Å². The number of benzene rings is 1. The number of imide groups is 1. The highest BCUT2D eigenvalue weighted by atomic mass is 31.2. The van der Waals surface area contributed by atoms with E-state index in [-0.39, 0.29) is 19.1 Å². The van der Waals surface area contributed by atoms with Crippen LogP contribution >= 0.6 is 7.60 Å². The van der Waals surface area contributed by atoms with Crippen molar-refractivity contribution in [1.29, 1.82) is 0 Å². The Morgan fingerprint density at radius 2 is 1.56 bits per heavy atom. The highest BCUT2D eigenvalue weighted by Gasteiger charge is 2.38. The second-order valence-corrected chi connectivity index (χ2v) is 7.94. The molecule has 1 aromatic rings. The average Bonchev–Trinajstić information content (AvgIpc) is 2.78. The van der Waals surface area contributed by atoms with E-state index >= 15 is 0 Å². The fourth-order valence-corrected chi connectivity index (χ4v) is 4.25. The van der Waals surface area contributed by atoms with Crippen LogP contribution in [0, 0.1) is 5.92 Å². The van der Waals surface area contributed by atoms with Gasteiger partial charge < -0.3 is 9.05 Å². The van der Waals surface area contributed by atoms with Gasteiger partial charge in [-0.2, -0.15) is 0 Å². The highest BCUT2D eigenvalue weighted by molar-refractivity contribution is 7.57. The quantitative estimate of drug-likeness (QED) is 0.503. The fraction of sp³-hybridized carbons (Fsp3) is 0.444. The number of hydrogen-bond donors (Lipinski definition) is 0. The molecule has 2 amide bonds. The van der Waals surface area contributed by atoms with Gasteiger partial charge in [-0.1, -0.05) is 26.0 Å². The smallest absolute Gasteiger partial charge is 0.306 e. The first-order valence-corrected chi connectivity index (χ1v) is 10.0. The Labute approximate surface area is 148 Å². The van der Waals surface area contributed by atoms with Crippen LogP contribution in [0.2, 0.25) is 0 Å². The van der Waals surface area contributed by atoms with Crippen molar-refractivity contribution in [2.75, 3.05) is 13.2 Å². The van der Waals surface area contributed by atoms with Gasteiger partial charge in [0.05, 0.1) is 24.3 Å². The third-order valence-corrected chi connectivity index (χ3v) is 5.47. The van der Waals surface area contributed by atoms with E-state index in [1.165, 1.54) is 5.82 Å². The van der Waals surface area contributed by atoms with Gasteiger partial charge in [0.25, 0.3) is 11.8 Å². The minimum absolute atomic E-state index is 0.146. The first kappa shape index (κ1) is 19.6. The maximum absolute atomic E-state index is 12.9. The normalized spacial score (nSPS) is 15.2. The van der Waals surface area contributed by atoms with E-state index in [1.807, 2.05) is 13.8 Å². The van der Waals surface area contributed by atoms with Crippen molar-refractivity contribution in [2.45, 2.75) is 34.1 Å². The zero-order chi connectivity index (χ0) is 18.6. The Morgan fingerprint density at radius 1 is 1.08 bits per heavy atom. The predicted octanol–water partition coefficient (Wildman–Crippen LogP) is 4.44. The number of hydrogen-bond acceptors (Lipinski definition) is 5. The molecular weight excluding hydrogens is 341 g/mol. The Morgan fingerprint density at radius 3 is 1.96 bits per heavy atom. The molecular formula is C18H24NO5P. The molecule has 0 atom stereocenters. The van der Waals surface area contributed by atoms with Crippen molar-refractivity contribution < 1.29 is 23.2 Å². The molecule has 0 N–H and O–H groups in total. The van der Waals surface area contributed by atoms with Crippen molar-refractivity contribution in [2.24, 2.45) is 5.92 Å². The molecule has 1 aromatic carbocycles. The Balaban J connectivity index is 2.48. The van der Waals surface area contributed by atoms with Crippen LogP contribution in [-0.2, 0) is 13.6 Å². The summed E-state index contributed by atoms with van der Waals surface area (Å²) in [6, 6.07) is 6.66. The van der Waals surface area contributed by atoms with Crippen molar-refractivity contribution in [1.82, 2.24) is 4.90 Å². The average molecular weight is 365 g/mol. The van der Waals surface area contributed by atoms with Crippen LogP contribution in [0.3, 0.4) is 0 Å². The van der Waals surface area contributed by atoms with Crippen LogP contribution in [0.25, 0.3) is 0 Å². The summed E-state index contributed by atoms with van der Waals surface area (Å²) in [5.41, 5.74) is 1.06. The van der Waals surface area contributed by atoms with E-state index in [4.69, 9.17) is 9.05 Å². The predicted molar refractivity (Wildman–Crippen MR) is 95.3 cm³/mol. The van der Waals surface area contributed by atoms with Gasteiger partial charge in [-0.15, -0.1) is 0 Å². The Hall–Kier alpha value is -1.75. The Kier molecular flexibility index (Phi) is 6.33. The van der Waals surface area contributed by atoms with E-state index in [2.05, 4.69) is 0 Å². The van der Waals surface area contributed by atoms with Crippen LogP contribution < -0.4 is 0 Å². The molecule has 0 saturated carbocycles. The van der Waals surface area contributed by atoms with Gasteiger partial charge in [0.1, 0.15) is 0 Å². The lowest BCUT2D eigenvalue weighted by molar-refractivity contribution is 0.0697. The fourth-order valence-electron chi connectivity index (χ4n) is 2.72. The van der Waals surface area contributed by atoms with E-state index < -0.39 is 19.4 Å². The number of nitrogens with zero attached hydrogens (tertiary/aromatic N) is 1. The first-order chi connectivity index (χ1) is 11.8. The van der Waals surface area contributed by atoms with Gasteiger partial charge >= 0.3 is 7.60 Å². The number of fused-ring (bicyclic) bond motifs is 1. The molecule has 6 nitrogen and oxygen atoms in total. The van der Waals surface area contributed by atoms with E-state index in [1.54, 1.807) is 38.1 Å². The van der Waals surface area contributed by atoms with Gasteiger partial charge in [0.15, 0.2) is 0 Å². The number of allylic oxidation sites excluding steroid dienone is 1. The van der Waals surface area contributed by atoms with Gasteiger partial charge in [-0.05, 0) is 38.3 Å². The van der Waals surface area contributed by atoms with Crippen molar-refractivity contribution in [3.8, 4) is 0 Å². The molecule has 0 fully saturated rings. The maximum Gasteiger partial charge on any atom is 0.355 e. The van der Waals surface area contributed by atoms with E-state index in [0.29, 0.717) is 23.2 Å². The van der Waals surface area contributed by atoms with Crippen LogP contribution in [0.1, 0.15) is 54.8 Å². The zero-order valence-corrected chi connectivity index (χ0v) is 15.9. The van der Waals surface area contributed by atoms with Crippen molar-refractivity contribution in [3.63, 3.8) is 0 Å². The summed E-state index contributed by atoms with van der Waals surface area (Å²) in [5, 5.41) is 0. The summed E-state index contributed by atoms with van der Waals surface area (Å²) >= 11 is 0. The molecule has 1 aliphatic heterocycles. The monoisotopic (exact) mass is 365 g/mol. The lowest BCUT2D eigenvalue weighted by atomic mass is 10.1. The molecule has 0 aliphatic carbocycles. The van der Waals surface area contributed by atoms with E-state index in [9.17, 15) is 14.2 Å². The van der Waals surface area contributed by atoms with Gasteiger partial charge in [-0.3, -0.25) is 14.2 Å². The molecule has 0 bridgehead atoms. The number of amides is 2. The second-order valence-electron chi connectivity index (χ2n) is 6.09. The molecule has 2 rings (SSSR count). The summed E-state index contributed by atoms with van der Waals surface area (Å²) in [5.74, 6) is 0.646. The highest BCUT2D eigenvalue weighted by Crippen LogP contribution is 2.51. The lowest BCUT2D eigenvalue weighted by Gasteiger charge is -2.22. The van der Waals surface area contributed by atoms with Crippen molar-refractivity contribution >= 4 is 19.4 Å². The SMILES string of the molecule is CCOP(=O)(/C=C(\CC(C)C)N1C(=O)c2ccccc2C1=O)OCC. The van der Waals surface area contributed by atoms with Crippen LogP contribution in [0.4, 0.5) is 0 Å². The van der Waals surface area contributed by atoms with Gasteiger partial charge in [0, 0.05) is 11.5 Å². The van der Waals surface area contributed by atoms with E-state index in [0.717, 1.165) is 4.90 Å². The van der Waals surface area contributed by atoms with Gasteiger partial charge in [-0.25, -0.2) is 4.90 Å². The molecule has 0 aromatic heterocycles. The molecule has 136 valence electrons. The molecule has 7 heteroatoms. The molecule has 0 spiro atoms. The molecule has 0 radical (unpaired) electrons. The maximum atomic E-state index is 12.9. The zero-order valence-electron chi connectivity index (χ0n) is 15.0. The molecule has 25 heavy (non-hydrogen) atoms. The summed E-state index contributed by atoms with van der Waals surface area (Å²) in [6.07, 6.45) is 0.398. The standard InChI is InChI=1S/C18H24NO5P/c1-5-23-25(22,24-6-2)12-14(11-13(3)4)19-17(20)15-9-7-8-10-16(15)18(19)21/h7-10,12-13H,5-6,11H2,1-4H3/b14-12+. The molecule has 0 unspecified atom stereocenters. The van der Waals surface area contributed by atoms with Crippen LogP contribution in [0.5, 0.6) is 0 Å². The summed E-state index contributed by atoms with van der Waals surface area (Å²) in [7, 11) is -3.54. The summed E-state index contributed by atoms with van der Waals surface area (Å²) in [6.45, 7) is 7.74. The largest absolute Gasteiger partial charge is 0.355 e.